The number of allylic oxidation sites excluding steroid dienone is 4. The van der Waals surface area contributed by atoms with Crippen LogP contribution in [0.2, 0.25) is 0 Å². The third-order valence-corrected chi connectivity index (χ3v) is 12.7. The van der Waals surface area contributed by atoms with E-state index in [4.69, 9.17) is 0 Å². The lowest BCUT2D eigenvalue weighted by atomic mass is 9.70. The highest BCUT2D eigenvalue weighted by molar-refractivity contribution is 5.97. The number of benzene rings is 10. The van der Waals surface area contributed by atoms with Gasteiger partial charge in [0.05, 0.1) is 0 Å². The molecule has 0 aromatic heterocycles. The minimum absolute atomic E-state index is 0.0630. The third kappa shape index (κ3) is 7.56. The number of anilines is 3. The first kappa shape index (κ1) is 38.0. The van der Waals surface area contributed by atoms with Gasteiger partial charge in [0.15, 0.2) is 0 Å². The molecule has 10 aromatic rings. The van der Waals surface area contributed by atoms with E-state index in [0.29, 0.717) is 0 Å². The zero-order valence-corrected chi connectivity index (χ0v) is 34.9. The van der Waals surface area contributed by atoms with Crippen molar-refractivity contribution in [2.75, 3.05) is 4.90 Å². The summed E-state index contributed by atoms with van der Waals surface area (Å²) in [7, 11) is 0. The van der Waals surface area contributed by atoms with Crippen molar-refractivity contribution in [1.29, 1.82) is 0 Å². The van der Waals surface area contributed by atoms with E-state index in [-0.39, 0.29) is 11.8 Å². The maximum atomic E-state index is 2.49. The second kappa shape index (κ2) is 16.8. The molecule has 0 amide bonds. The van der Waals surface area contributed by atoms with Crippen LogP contribution in [0.4, 0.5) is 17.1 Å². The van der Waals surface area contributed by atoms with Crippen molar-refractivity contribution < 1.29 is 0 Å². The van der Waals surface area contributed by atoms with Crippen molar-refractivity contribution in [3.8, 4) is 22.3 Å². The van der Waals surface area contributed by atoms with Gasteiger partial charge in [0, 0.05) is 28.9 Å². The van der Waals surface area contributed by atoms with Gasteiger partial charge in [-0.15, -0.1) is 0 Å². The van der Waals surface area contributed by atoms with E-state index in [0.717, 1.165) is 17.1 Å². The predicted molar refractivity (Wildman–Crippen MR) is 268 cm³/mol. The maximum absolute atomic E-state index is 2.49. The molecule has 2 atom stereocenters. The molecule has 0 spiro atoms. The molecule has 63 heavy (non-hydrogen) atoms. The Bertz CT molecular complexity index is 3250. The first-order valence-electron chi connectivity index (χ1n) is 21.9. The number of fused-ring (bicyclic) bond motifs is 2. The fourth-order valence-electron chi connectivity index (χ4n) is 9.59. The molecule has 10 aromatic carbocycles. The van der Waals surface area contributed by atoms with E-state index in [1.807, 2.05) is 0 Å². The van der Waals surface area contributed by atoms with E-state index in [1.54, 1.807) is 0 Å². The summed E-state index contributed by atoms with van der Waals surface area (Å²) in [4.78, 5) is 2.41. The Morgan fingerprint density at radius 3 is 1.60 bits per heavy atom. The zero-order chi connectivity index (χ0) is 42.0. The molecule has 1 nitrogen and oxygen atoms in total. The average Bonchev–Trinajstić information content (AvgIpc) is 3.37. The highest BCUT2D eigenvalue weighted by atomic mass is 15.1. The Hall–Kier alpha value is -8.00. The fourth-order valence-corrected chi connectivity index (χ4v) is 9.59. The summed E-state index contributed by atoms with van der Waals surface area (Å²) in [5, 5.41) is 5.00. The molecule has 1 aliphatic carbocycles. The minimum atomic E-state index is 0.0630. The molecule has 2 unspecified atom stereocenters. The summed E-state index contributed by atoms with van der Waals surface area (Å²) in [5.41, 5.74) is 15.7. The van der Waals surface area contributed by atoms with Crippen LogP contribution in [0, 0.1) is 0 Å². The molecule has 0 bridgehead atoms. The molecule has 0 radical (unpaired) electrons. The highest BCUT2D eigenvalue weighted by Gasteiger charge is 2.32. The van der Waals surface area contributed by atoms with Gasteiger partial charge in [0.25, 0.3) is 0 Å². The van der Waals surface area contributed by atoms with Gasteiger partial charge in [0.1, 0.15) is 0 Å². The Morgan fingerprint density at radius 2 is 0.873 bits per heavy atom. The Kier molecular flexibility index (Phi) is 10.1. The molecular weight excluding hydrogens is 759 g/mol. The quantitative estimate of drug-likeness (QED) is 0.140. The number of hydrogen-bond acceptors (Lipinski definition) is 1. The first-order valence-corrected chi connectivity index (χ1v) is 21.9. The normalized spacial score (nSPS) is 14.9. The van der Waals surface area contributed by atoms with Gasteiger partial charge in [0.2, 0.25) is 0 Å². The standard InChI is InChI=1S/C62H45N/c1-4-16-44(17-5-1)54-42-60(48-19-6-2-7-20-48)62(61(43-54)49-21-8-3-9-22-49)53-26-14-27-57(41-53)63(55-36-32-46(33-37-55)52-31-30-45-18-10-11-24-51(45)40-52)56-38-34-50(35-39-56)59-29-15-25-47-23-12-13-28-58(47)59/h1-43,60,62H. The van der Waals surface area contributed by atoms with Crippen molar-refractivity contribution >= 4 is 49.8 Å². The molecule has 0 aliphatic heterocycles. The minimum Gasteiger partial charge on any atom is -0.310 e. The number of rotatable bonds is 9. The molecule has 0 saturated heterocycles. The molecule has 298 valence electrons. The zero-order valence-electron chi connectivity index (χ0n) is 34.9. The van der Waals surface area contributed by atoms with Crippen molar-refractivity contribution in [1.82, 2.24) is 0 Å². The van der Waals surface area contributed by atoms with Crippen LogP contribution in [0.1, 0.15) is 34.1 Å². The van der Waals surface area contributed by atoms with Crippen LogP contribution in [-0.4, -0.2) is 0 Å². The molecule has 0 fully saturated rings. The SMILES string of the molecule is C1=C(c2ccccc2)C=C(c2ccccc2)C(c2cccc(N(c3ccc(-c4ccc5ccccc5c4)cc3)c3ccc(-c4cccc5ccccc45)cc3)c2)C1c1ccccc1. The second-order valence-corrected chi connectivity index (χ2v) is 16.5. The van der Waals surface area contributed by atoms with Crippen LogP contribution in [0.3, 0.4) is 0 Å². The van der Waals surface area contributed by atoms with Crippen LogP contribution in [0.5, 0.6) is 0 Å². The van der Waals surface area contributed by atoms with Gasteiger partial charge in [-0.05, 0) is 120 Å². The molecule has 1 aliphatic rings. The van der Waals surface area contributed by atoms with E-state index >= 15 is 0 Å². The average molecular weight is 804 g/mol. The summed E-state index contributed by atoms with van der Waals surface area (Å²) in [6, 6.07) is 90.8. The summed E-state index contributed by atoms with van der Waals surface area (Å²) >= 11 is 0. The van der Waals surface area contributed by atoms with Crippen LogP contribution >= 0.6 is 0 Å². The van der Waals surface area contributed by atoms with Gasteiger partial charge < -0.3 is 4.90 Å². The molecule has 1 heteroatoms. The van der Waals surface area contributed by atoms with Gasteiger partial charge >= 0.3 is 0 Å². The summed E-state index contributed by atoms with van der Waals surface area (Å²) in [5.74, 6) is 0.166. The topological polar surface area (TPSA) is 3.24 Å². The van der Waals surface area contributed by atoms with Crippen LogP contribution < -0.4 is 4.90 Å². The molecule has 11 rings (SSSR count). The molecular formula is C62H45N. The summed E-state index contributed by atoms with van der Waals surface area (Å²) < 4.78 is 0. The van der Waals surface area contributed by atoms with Crippen molar-refractivity contribution in [3.63, 3.8) is 0 Å². The van der Waals surface area contributed by atoms with Crippen LogP contribution in [-0.2, 0) is 0 Å². The third-order valence-electron chi connectivity index (χ3n) is 12.7. The predicted octanol–water partition coefficient (Wildman–Crippen LogP) is 16.8. The molecule has 0 saturated carbocycles. The van der Waals surface area contributed by atoms with Gasteiger partial charge in [-0.2, -0.15) is 0 Å². The second-order valence-electron chi connectivity index (χ2n) is 16.5. The summed E-state index contributed by atoms with van der Waals surface area (Å²) in [6.07, 6.45) is 4.92. The molecule has 0 heterocycles. The number of hydrogen-bond donors (Lipinski definition) is 0. The van der Waals surface area contributed by atoms with E-state index in [2.05, 4.69) is 266 Å². The van der Waals surface area contributed by atoms with Gasteiger partial charge in [-0.25, -0.2) is 0 Å². The van der Waals surface area contributed by atoms with Crippen molar-refractivity contribution in [3.05, 3.63) is 283 Å². The monoisotopic (exact) mass is 803 g/mol. The van der Waals surface area contributed by atoms with Crippen molar-refractivity contribution in [2.45, 2.75) is 11.8 Å². The lowest BCUT2D eigenvalue weighted by Crippen LogP contribution is -2.17. The Morgan fingerprint density at radius 1 is 0.317 bits per heavy atom. The van der Waals surface area contributed by atoms with E-state index in [9.17, 15) is 0 Å². The van der Waals surface area contributed by atoms with E-state index < -0.39 is 0 Å². The van der Waals surface area contributed by atoms with Gasteiger partial charge in [-0.3, -0.25) is 0 Å². The number of nitrogens with zero attached hydrogens (tertiary/aromatic N) is 1. The lowest BCUT2D eigenvalue weighted by Gasteiger charge is -2.34. The summed E-state index contributed by atoms with van der Waals surface area (Å²) in [6.45, 7) is 0. The smallest absolute Gasteiger partial charge is 0.0464 e. The molecule has 0 N–H and O–H groups in total. The van der Waals surface area contributed by atoms with Crippen LogP contribution in [0.15, 0.2) is 261 Å². The first-order chi connectivity index (χ1) is 31.2. The Balaban J connectivity index is 1.05. The van der Waals surface area contributed by atoms with E-state index in [1.165, 1.54) is 77.2 Å². The largest absolute Gasteiger partial charge is 0.310 e. The highest BCUT2D eigenvalue weighted by Crippen LogP contribution is 2.50. The lowest BCUT2D eigenvalue weighted by molar-refractivity contribution is 0.748. The van der Waals surface area contributed by atoms with Crippen molar-refractivity contribution in [2.24, 2.45) is 0 Å². The maximum Gasteiger partial charge on any atom is 0.0464 e. The Labute approximate surface area is 370 Å². The van der Waals surface area contributed by atoms with Gasteiger partial charge in [-0.1, -0.05) is 218 Å². The van der Waals surface area contributed by atoms with Crippen LogP contribution in [0.25, 0.3) is 54.9 Å². The fraction of sp³-hybridized carbons (Fsp3) is 0.0323.